The maximum absolute atomic E-state index is 12.1. The smallest absolute Gasteiger partial charge is 0.389 e. The quantitative estimate of drug-likeness (QED) is 0.495. The lowest BCUT2D eigenvalue weighted by molar-refractivity contribution is -0.135. The Morgan fingerprint density at radius 1 is 1.00 bits per heavy atom. The van der Waals surface area contributed by atoms with Crippen molar-refractivity contribution in [3.05, 3.63) is 52.7 Å². The van der Waals surface area contributed by atoms with E-state index in [1.807, 2.05) is 30.3 Å². The second kappa shape index (κ2) is 7.17. The first-order valence-corrected chi connectivity index (χ1v) is 8.18. The average molecular weight is 349 g/mol. The molecule has 0 saturated heterocycles. The second-order valence-electron chi connectivity index (χ2n) is 5.98. The van der Waals surface area contributed by atoms with Gasteiger partial charge in [0.15, 0.2) is 5.43 Å². The van der Waals surface area contributed by atoms with Crippen LogP contribution in [-0.4, -0.2) is 17.8 Å². The number of para-hydroxylation sites is 1. The van der Waals surface area contributed by atoms with Crippen LogP contribution >= 0.6 is 0 Å². The summed E-state index contributed by atoms with van der Waals surface area (Å²) in [6, 6.07) is 12.5. The van der Waals surface area contributed by atoms with Gasteiger partial charge in [0, 0.05) is 17.5 Å². The van der Waals surface area contributed by atoms with E-state index in [2.05, 4.69) is 4.98 Å². The van der Waals surface area contributed by atoms with Gasteiger partial charge in [0.2, 0.25) is 0 Å². The summed E-state index contributed by atoms with van der Waals surface area (Å²) in [7, 11) is 0. The first kappa shape index (κ1) is 17.3. The molecule has 0 unspecified atom stereocenters. The third-order valence-electron chi connectivity index (χ3n) is 4.05. The number of aromatic amines is 1. The highest BCUT2D eigenvalue weighted by atomic mass is 19.4. The molecule has 2 aliphatic rings. The third-order valence-corrected chi connectivity index (χ3v) is 4.05. The number of fused-ring (bicyclic) bond motifs is 2. The first-order chi connectivity index (χ1) is 11.9. The SMILES string of the molecule is O=c1ccc(OCCCCCC(F)(F)F)c2[nH]c3ccccc3cc1-2. The molecule has 0 aromatic heterocycles. The molecule has 0 bridgehead atoms. The van der Waals surface area contributed by atoms with Crippen LogP contribution < -0.4 is 10.2 Å². The van der Waals surface area contributed by atoms with Crippen molar-refractivity contribution in [2.45, 2.75) is 31.9 Å². The van der Waals surface area contributed by atoms with E-state index in [-0.39, 0.29) is 11.8 Å². The molecule has 0 radical (unpaired) electrons. The molecule has 3 nitrogen and oxygen atoms in total. The number of H-pyrrole nitrogens is 1. The maximum Gasteiger partial charge on any atom is 0.389 e. The lowest BCUT2D eigenvalue weighted by Crippen LogP contribution is -2.09. The van der Waals surface area contributed by atoms with E-state index in [1.54, 1.807) is 6.07 Å². The van der Waals surface area contributed by atoms with Gasteiger partial charge in [-0.15, -0.1) is 0 Å². The normalized spacial score (nSPS) is 12.0. The highest BCUT2D eigenvalue weighted by Crippen LogP contribution is 2.30. The van der Waals surface area contributed by atoms with E-state index in [0.29, 0.717) is 36.5 Å². The van der Waals surface area contributed by atoms with Crippen LogP contribution in [0.2, 0.25) is 0 Å². The Hall–Kier alpha value is -2.50. The van der Waals surface area contributed by atoms with Crippen LogP contribution in [0.5, 0.6) is 5.75 Å². The van der Waals surface area contributed by atoms with Crippen molar-refractivity contribution in [3.63, 3.8) is 0 Å². The average Bonchev–Trinajstić information content (AvgIpc) is 2.57. The Morgan fingerprint density at radius 2 is 1.80 bits per heavy atom. The molecule has 0 atom stereocenters. The first-order valence-electron chi connectivity index (χ1n) is 8.18. The van der Waals surface area contributed by atoms with Gasteiger partial charge in [-0.1, -0.05) is 18.2 Å². The van der Waals surface area contributed by atoms with Gasteiger partial charge < -0.3 is 9.72 Å². The van der Waals surface area contributed by atoms with Crippen LogP contribution in [0, 0.1) is 0 Å². The van der Waals surface area contributed by atoms with Gasteiger partial charge >= 0.3 is 6.18 Å². The third kappa shape index (κ3) is 4.32. The number of ether oxygens (including phenoxy) is 1. The van der Waals surface area contributed by atoms with E-state index in [0.717, 1.165) is 10.9 Å². The summed E-state index contributed by atoms with van der Waals surface area (Å²) in [5, 5.41) is 0.927. The monoisotopic (exact) mass is 349 g/mol. The van der Waals surface area contributed by atoms with Crippen LogP contribution in [0.3, 0.4) is 0 Å². The van der Waals surface area contributed by atoms with Crippen LogP contribution in [0.25, 0.3) is 22.2 Å². The molecule has 0 fully saturated rings. The van der Waals surface area contributed by atoms with Crippen LogP contribution in [0.15, 0.2) is 47.3 Å². The number of pyridine rings is 1. The van der Waals surface area contributed by atoms with Crippen molar-refractivity contribution in [2.75, 3.05) is 6.61 Å². The van der Waals surface area contributed by atoms with Crippen LogP contribution in [-0.2, 0) is 0 Å². The van der Waals surface area contributed by atoms with Gasteiger partial charge in [-0.25, -0.2) is 0 Å². The molecule has 1 aromatic carbocycles. The lowest BCUT2D eigenvalue weighted by Gasteiger charge is -2.14. The Kier molecular flexibility index (Phi) is 4.97. The minimum absolute atomic E-state index is 0.101. The summed E-state index contributed by atoms with van der Waals surface area (Å²) in [4.78, 5) is 15.3. The Labute approximate surface area is 142 Å². The van der Waals surface area contributed by atoms with E-state index in [1.165, 1.54) is 6.07 Å². The van der Waals surface area contributed by atoms with E-state index >= 15 is 0 Å². The fourth-order valence-corrected chi connectivity index (χ4v) is 2.79. The molecule has 1 N–H and O–H groups in total. The number of aromatic nitrogens is 1. The van der Waals surface area contributed by atoms with Gasteiger partial charge in [0.05, 0.1) is 12.3 Å². The number of hydrogen-bond acceptors (Lipinski definition) is 2. The molecular weight excluding hydrogens is 331 g/mol. The van der Waals surface area contributed by atoms with Gasteiger partial charge in [-0.2, -0.15) is 13.2 Å². The molecule has 3 rings (SSSR count). The van der Waals surface area contributed by atoms with Gasteiger partial charge in [-0.05, 0) is 48.9 Å². The van der Waals surface area contributed by atoms with E-state index in [4.69, 9.17) is 4.74 Å². The van der Waals surface area contributed by atoms with Crippen LogP contribution in [0.1, 0.15) is 25.7 Å². The molecule has 25 heavy (non-hydrogen) atoms. The minimum atomic E-state index is -4.10. The summed E-state index contributed by atoms with van der Waals surface area (Å²) in [6.45, 7) is 0.311. The highest BCUT2D eigenvalue weighted by Gasteiger charge is 2.25. The number of alkyl halides is 3. The predicted molar refractivity (Wildman–Crippen MR) is 91.2 cm³/mol. The molecule has 6 heteroatoms. The molecule has 0 spiro atoms. The van der Waals surface area contributed by atoms with Crippen molar-refractivity contribution in [1.82, 2.24) is 4.98 Å². The van der Waals surface area contributed by atoms with Gasteiger partial charge in [-0.3, -0.25) is 4.79 Å². The summed E-state index contributed by atoms with van der Waals surface area (Å²) in [5.74, 6) is 0.538. The number of nitrogens with one attached hydrogen (secondary N) is 1. The van der Waals surface area contributed by atoms with Crippen molar-refractivity contribution in [3.8, 4) is 17.0 Å². The summed E-state index contributed by atoms with van der Waals surface area (Å²) in [5.41, 5.74) is 1.93. The summed E-state index contributed by atoms with van der Waals surface area (Å²) < 4.78 is 42.0. The van der Waals surface area contributed by atoms with Crippen molar-refractivity contribution in [2.24, 2.45) is 0 Å². The number of unbranched alkanes of at least 4 members (excludes halogenated alkanes) is 2. The fourth-order valence-electron chi connectivity index (χ4n) is 2.79. The summed E-state index contributed by atoms with van der Waals surface area (Å²) >= 11 is 0. The van der Waals surface area contributed by atoms with E-state index in [9.17, 15) is 18.0 Å². The largest absolute Gasteiger partial charge is 0.491 e. The zero-order chi connectivity index (χ0) is 17.9. The Bertz CT molecular complexity index is 886. The predicted octanol–water partition coefficient (Wildman–Crippen LogP) is 5.13. The number of benzene rings is 2. The molecule has 1 aliphatic carbocycles. The molecular formula is C19H18F3NO2. The molecule has 0 saturated carbocycles. The zero-order valence-electron chi connectivity index (χ0n) is 13.5. The maximum atomic E-state index is 12.1. The Morgan fingerprint density at radius 3 is 2.60 bits per heavy atom. The number of halogens is 3. The minimum Gasteiger partial charge on any atom is -0.491 e. The molecule has 1 aliphatic heterocycles. The second-order valence-corrected chi connectivity index (χ2v) is 5.98. The zero-order valence-corrected chi connectivity index (χ0v) is 13.5. The number of hydrogen-bond donors (Lipinski definition) is 1. The molecule has 0 amide bonds. The van der Waals surface area contributed by atoms with Crippen molar-refractivity contribution >= 4 is 10.9 Å². The molecule has 1 aromatic rings. The summed E-state index contributed by atoms with van der Waals surface area (Å²) in [6.07, 6.45) is -3.78. The van der Waals surface area contributed by atoms with Crippen molar-refractivity contribution < 1.29 is 17.9 Å². The van der Waals surface area contributed by atoms with Gasteiger partial charge in [0.1, 0.15) is 5.75 Å². The van der Waals surface area contributed by atoms with Gasteiger partial charge in [0.25, 0.3) is 0 Å². The number of rotatable bonds is 6. The fraction of sp³-hybridized carbons (Fsp3) is 0.316. The van der Waals surface area contributed by atoms with E-state index < -0.39 is 12.6 Å². The van der Waals surface area contributed by atoms with Crippen LogP contribution in [0.4, 0.5) is 13.2 Å². The standard InChI is InChI=1S/C19H18F3NO2/c20-19(21,22)10-4-1-5-11-25-17-9-8-16(24)14-12-13-6-2-3-7-15(13)23-18(14)17/h2-3,6-9,12,23H,1,4-5,10-11H2. The molecule has 1 heterocycles. The lowest BCUT2D eigenvalue weighted by atomic mass is 10.0. The highest BCUT2D eigenvalue weighted by molar-refractivity contribution is 5.86. The topological polar surface area (TPSA) is 42.1 Å². The Balaban J connectivity index is 1.71. The van der Waals surface area contributed by atoms with Crippen molar-refractivity contribution in [1.29, 1.82) is 0 Å². The molecule has 132 valence electrons.